The van der Waals surface area contributed by atoms with Gasteiger partial charge in [0.15, 0.2) is 4.80 Å². The predicted molar refractivity (Wildman–Crippen MR) is 168 cm³/mol. The number of esters is 1. The zero-order valence-electron chi connectivity index (χ0n) is 24.0. The van der Waals surface area contributed by atoms with E-state index in [1.165, 1.54) is 11.3 Å². The van der Waals surface area contributed by atoms with Crippen molar-refractivity contribution in [3.63, 3.8) is 0 Å². The monoisotopic (exact) mass is 620 g/mol. The average molecular weight is 622 g/mol. The van der Waals surface area contributed by atoms with Gasteiger partial charge in [0.05, 0.1) is 28.5 Å². The van der Waals surface area contributed by atoms with Crippen LogP contribution in [0.5, 0.6) is 5.75 Å². The van der Waals surface area contributed by atoms with E-state index in [1.807, 2.05) is 69.3 Å². The Morgan fingerprint density at radius 2 is 1.71 bits per heavy atom. The first-order valence-electron chi connectivity index (χ1n) is 13.5. The number of carbonyl (C=O) groups excluding carboxylic acids is 1. The first-order chi connectivity index (χ1) is 20.1. The summed E-state index contributed by atoms with van der Waals surface area (Å²) in [4.78, 5) is 32.2. The van der Waals surface area contributed by atoms with Crippen molar-refractivity contribution in [3.8, 4) is 5.75 Å². The molecule has 4 aromatic rings. The van der Waals surface area contributed by atoms with Gasteiger partial charge in [0.1, 0.15) is 12.4 Å². The molecule has 1 aliphatic rings. The minimum Gasteiger partial charge on any atom is -0.488 e. The molecule has 0 radical (unpaired) electrons. The maximum absolute atomic E-state index is 13.9. The van der Waals surface area contributed by atoms with Crippen LogP contribution in [-0.4, -0.2) is 17.1 Å². The third kappa shape index (κ3) is 5.95. The van der Waals surface area contributed by atoms with E-state index in [4.69, 9.17) is 32.7 Å². The van der Waals surface area contributed by atoms with Crippen LogP contribution < -0.4 is 19.6 Å². The van der Waals surface area contributed by atoms with Crippen LogP contribution in [0.2, 0.25) is 10.0 Å². The zero-order chi connectivity index (χ0) is 30.1. The number of hydrogen-bond donors (Lipinski definition) is 0. The lowest BCUT2D eigenvalue weighted by molar-refractivity contribution is -0.139. The topological polar surface area (TPSA) is 69.9 Å². The lowest BCUT2D eigenvalue weighted by atomic mass is 9.95. The summed E-state index contributed by atoms with van der Waals surface area (Å²) in [5.41, 5.74) is 6.15. The number of rotatable bonds is 7. The Bertz CT molecular complexity index is 1880. The molecule has 0 bridgehead atoms. The Morgan fingerprint density at radius 3 is 2.36 bits per heavy atom. The fourth-order valence-corrected chi connectivity index (χ4v) is 6.60. The highest BCUT2D eigenvalue weighted by Crippen LogP contribution is 2.31. The molecule has 3 aromatic carbocycles. The summed E-state index contributed by atoms with van der Waals surface area (Å²) in [5.74, 6) is 0.286. The molecule has 216 valence electrons. The van der Waals surface area contributed by atoms with Gasteiger partial charge in [-0.2, -0.15) is 0 Å². The van der Waals surface area contributed by atoms with Crippen molar-refractivity contribution in [2.45, 2.75) is 47.3 Å². The smallest absolute Gasteiger partial charge is 0.338 e. The molecular weight excluding hydrogens is 591 g/mol. The molecule has 0 fully saturated rings. The van der Waals surface area contributed by atoms with Gasteiger partial charge >= 0.3 is 5.97 Å². The molecule has 5 rings (SSSR count). The molecule has 1 aromatic heterocycles. The molecule has 0 saturated carbocycles. The van der Waals surface area contributed by atoms with Crippen LogP contribution in [0.4, 0.5) is 0 Å². The van der Waals surface area contributed by atoms with Gasteiger partial charge in [-0.05, 0) is 87.2 Å². The molecule has 6 nitrogen and oxygen atoms in total. The Morgan fingerprint density at radius 1 is 1.02 bits per heavy atom. The van der Waals surface area contributed by atoms with E-state index in [-0.39, 0.29) is 12.2 Å². The van der Waals surface area contributed by atoms with Crippen molar-refractivity contribution in [2.75, 3.05) is 6.61 Å². The standard InChI is InChI=1S/C33H30Cl2N2O4S/c1-6-40-32(39)28-21(5)36-33-37(29(28)23-9-7-18(2)8-10-23)31(38)27(42-33)15-22-13-19(3)30(20(4)14-22)41-17-24-11-12-25(34)16-26(24)35/h7-16,29H,6,17H2,1-5H3/b27-15-/t29-/m0/s1. The van der Waals surface area contributed by atoms with E-state index in [9.17, 15) is 9.59 Å². The number of benzene rings is 3. The molecule has 9 heteroatoms. The summed E-state index contributed by atoms with van der Waals surface area (Å²) in [6.07, 6.45) is 1.86. The highest BCUT2D eigenvalue weighted by molar-refractivity contribution is 7.07. The average Bonchev–Trinajstić information content (AvgIpc) is 3.23. The van der Waals surface area contributed by atoms with Crippen molar-refractivity contribution < 1.29 is 14.3 Å². The summed E-state index contributed by atoms with van der Waals surface area (Å²) in [6, 6.07) is 16.5. The molecule has 42 heavy (non-hydrogen) atoms. The summed E-state index contributed by atoms with van der Waals surface area (Å²) >= 11 is 13.6. The fraction of sp³-hybridized carbons (Fsp3) is 0.242. The van der Waals surface area contributed by atoms with Crippen molar-refractivity contribution in [1.29, 1.82) is 0 Å². The van der Waals surface area contributed by atoms with E-state index in [2.05, 4.69) is 4.99 Å². The van der Waals surface area contributed by atoms with Crippen LogP contribution in [0.25, 0.3) is 6.08 Å². The second-order valence-corrected chi connectivity index (χ2v) is 12.1. The Hall–Kier alpha value is -3.65. The summed E-state index contributed by atoms with van der Waals surface area (Å²) in [6.45, 7) is 10.0. The number of aryl methyl sites for hydroxylation is 3. The SMILES string of the molecule is CCOC(=O)C1=C(C)N=c2s/c(=C\c3cc(C)c(OCc4ccc(Cl)cc4Cl)c(C)c3)c(=O)n2[C@H]1c1ccc(C)cc1. The van der Waals surface area contributed by atoms with Gasteiger partial charge in [-0.15, -0.1) is 0 Å². The second kappa shape index (κ2) is 12.3. The molecular formula is C33H30Cl2N2O4S. The van der Waals surface area contributed by atoms with E-state index < -0.39 is 12.0 Å². The Kier molecular flexibility index (Phi) is 8.73. The summed E-state index contributed by atoms with van der Waals surface area (Å²) < 4.78 is 13.6. The van der Waals surface area contributed by atoms with Gasteiger partial charge in [-0.1, -0.05) is 70.4 Å². The van der Waals surface area contributed by atoms with Crippen LogP contribution >= 0.6 is 34.5 Å². The van der Waals surface area contributed by atoms with Crippen LogP contribution in [0.15, 0.2) is 75.7 Å². The zero-order valence-corrected chi connectivity index (χ0v) is 26.3. The molecule has 0 saturated heterocycles. The highest BCUT2D eigenvalue weighted by atomic mass is 35.5. The van der Waals surface area contributed by atoms with Gasteiger partial charge < -0.3 is 9.47 Å². The number of nitrogens with zero attached hydrogens (tertiary/aromatic N) is 2. The van der Waals surface area contributed by atoms with Crippen molar-refractivity contribution in [3.05, 3.63) is 129 Å². The minimum absolute atomic E-state index is 0.216. The molecule has 1 atom stereocenters. The quantitative estimate of drug-likeness (QED) is 0.218. The van der Waals surface area contributed by atoms with E-state index >= 15 is 0 Å². The highest BCUT2D eigenvalue weighted by Gasteiger charge is 2.33. The molecule has 0 N–H and O–H groups in total. The van der Waals surface area contributed by atoms with Crippen LogP contribution in [0.1, 0.15) is 53.3 Å². The number of ether oxygens (including phenoxy) is 2. The number of allylic oxidation sites excluding steroid dienone is 1. The third-order valence-electron chi connectivity index (χ3n) is 7.08. The minimum atomic E-state index is -0.637. The van der Waals surface area contributed by atoms with E-state index in [0.29, 0.717) is 37.3 Å². The van der Waals surface area contributed by atoms with Crippen molar-refractivity contribution in [1.82, 2.24) is 4.57 Å². The number of aromatic nitrogens is 1. The van der Waals surface area contributed by atoms with Gasteiger partial charge in [0.2, 0.25) is 0 Å². The maximum atomic E-state index is 13.9. The summed E-state index contributed by atoms with van der Waals surface area (Å²) in [5, 5.41) is 1.12. The first kappa shape index (κ1) is 29.8. The molecule has 0 aliphatic carbocycles. The number of thiazole rings is 1. The molecule has 0 spiro atoms. The van der Waals surface area contributed by atoms with Crippen LogP contribution in [0, 0.1) is 20.8 Å². The molecule has 0 amide bonds. The maximum Gasteiger partial charge on any atom is 0.338 e. The predicted octanol–water partition coefficient (Wildman–Crippen LogP) is 6.61. The largest absolute Gasteiger partial charge is 0.488 e. The molecule has 2 heterocycles. The van der Waals surface area contributed by atoms with Gasteiger partial charge in [-0.3, -0.25) is 9.36 Å². The van der Waals surface area contributed by atoms with Crippen LogP contribution in [-0.2, 0) is 16.1 Å². The lowest BCUT2D eigenvalue weighted by Crippen LogP contribution is -2.39. The van der Waals surface area contributed by atoms with E-state index in [1.54, 1.807) is 30.5 Å². The van der Waals surface area contributed by atoms with Gasteiger partial charge in [0.25, 0.3) is 5.56 Å². The van der Waals surface area contributed by atoms with Crippen molar-refractivity contribution >= 4 is 46.6 Å². The van der Waals surface area contributed by atoms with Gasteiger partial charge in [0, 0.05) is 15.6 Å². The number of carbonyl (C=O) groups is 1. The normalized spacial score (nSPS) is 14.9. The van der Waals surface area contributed by atoms with Gasteiger partial charge in [-0.25, -0.2) is 9.79 Å². The second-order valence-electron chi connectivity index (χ2n) is 10.2. The summed E-state index contributed by atoms with van der Waals surface area (Å²) in [7, 11) is 0. The fourth-order valence-electron chi connectivity index (χ4n) is 5.09. The molecule has 1 aliphatic heterocycles. The lowest BCUT2D eigenvalue weighted by Gasteiger charge is -2.24. The third-order valence-corrected chi connectivity index (χ3v) is 8.65. The first-order valence-corrected chi connectivity index (χ1v) is 15.1. The molecule has 0 unspecified atom stereocenters. The number of fused-ring (bicyclic) bond motifs is 1. The van der Waals surface area contributed by atoms with E-state index in [0.717, 1.165) is 39.1 Å². The van der Waals surface area contributed by atoms with Crippen LogP contribution in [0.3, 0.4) is 0 Å². The van der Waals surface area contributed by atoms with Crippen molar-refractivity contribution in [2.24, 2.45) is 4.99 Å². The Labute approximate surface area is 258 Å². The number of halogens is 2. The number of hydrogen-bond acceptors (Lipinski definition) is 6. The Balaban J connectivity index is 1.54.